The molecule has 1 atom stereocenters. The molecule has 2 fully saturated rings. The number of alkyl halides is 2. The van der Waals surface area contributed by atoms with Crippen LogP contribution < -0.4 is 4.74 Å². The third kappa shape index (κ3) is 3.86. The number of amides is 2. The third-order valence-corrected chi connectivity index (χ3v) is 7.20. The lowest BCUT2D eigenvalue weighted by Gasteiger charge is -2.19. The zero-order chi connectivity index (χ0) is 22.3. The van der Waals surface area contributed by atoms with E-state index in [4.69, 9.17) is 0 Å². The van der Waals surface area contributed by atoms with Crippen molar-refractivity contribution in [2.75, 3.05) is 18.1 Å². The number of ether oxygens (including phenoxy) is 1. The molecular formula is C22H22F2N2O4S. The van der Waals surface area contributed by atoms with Crippen molar-refractivity contribution in [3.63, 3.8) is 0 Å². The number of Topliss-reactive ketones (excluding diaryl/α,β-unsaturated/α-hetero) is 1. The van der Waals surface area contributed by atoms with Crippen LogP contribution in [0.3, 0.4) is 0 Å². The number of likely N-dealkylation sites (tertiary alicyclic amines) is 1. The highest BCUT2D eigenvalue weighted by atomic mass is 32.2. The number of nitrogens with zero attached hydrogens (tertiary/aromatic N) is 2. The maximum absolute atomic E-state index is 13.0. The van der Waals surface area contributed by atoms with Gasteiger partial charge in [0.15, 0.2) is 5.78 Å². The second-order valence-electron chi connectivity index (χ2n) is 7.96. The van der Waals surface area contributed by atoms with Gasteiger partial charge in [-0.3, -0.25) is 19.3 Å². The Balaban J connectivity index is 1.55. The monoisotopic (exact) mass is 448 g/mol. The van der Waals surface area contributed by atoms with Crippen molar-refractivity contribution in [1.82, 2.24) is 9.47 Å². The summed E-state index contributed by atoms with van der Waals surface area (Å²) in [5, 5.41) is 0. The van der Waals surface area contributed by atoms with Crippen LogP contribution in [-0.4, -0.2) is 51.7 Å². The SMILES string of the molecule is Cc1cc(C(=O)CN2C(=O)C[C@]3(CCSC3)C2=O)c(C)n1-c1ccc(OC(F)F)cc1. The summed E-state index contributed by atoms with van der Waals surface area (Å²) < 4.78 is 30.9. The molecule has 31 heavy (non-hydrogen) atoms. The fourth-order valence-corrected chi connectivity index (χ4v) is 5.82. The molecule has 3 heterocycles. The lowest BCUT2D eigenvalue weighted by Crippen LogP contribution is -2.39. The van der Waals surface area contributed by atoms with Crippen LogP contribution in [0.2, 0.25) is 0 Å². The topological polar surface area (TPSA) is 68.6 Å². The molecule has 2 amide bonds. The minimum absolute atomic E-state index is 0.0441. The lowest BCUT2D eigenvalue weighted by molar-refractivity contribution is -0.140. The summed E-state index contributed by atoms with van der Waals surface area (Å²) in [5.74, 6) is 0.693. The largest absolute Gasteiger partial charge is 0.435 e. The average Bonchev–Trinajstić information content (AvgIpc) is 3.36. The first-order valence-corrected chi connectivity index (χ1v) is 11.1. The summed E-state index contributed by atoms with van der Waals surface area (Å²) in [6, 6.07) is 7.83. The second-order valence-corrected chi connectivity index (χ2v) is 9.07. The summed E-state index contributed by atoms with van der Waals surface area (Å²) in [6.45, 7) is 0.426. The number of rotatable bonds is 6. The highest BCUT2D eigenvalue weighted by Crippen LogP contribution is 2.45. The Morgan fingerprint density at radius 2 is 1.94 bits per heavy atom. The molecule has 2 saturated heterocycles. The molecule has 0 saturated carbocycles. The summed E-state index contributed by atoms with van der Waals surface area (Å²) in [5.41, 5.74) is 1.89. The van der Waals surface area contributed by atoms with Crippen LogP contribution in [0.1, 0.15) is 34.6 Å². The number of benzene rings is 1. The molecule has 1 aromatic carbocycles. The number of carbonyl (C=O) groups excluding carboxylic acids is 3. The van der Waals surface area contributed by atoms with Crippen LogP contribution in [0.15, 0.2) is 30.3 Å². The number of aromatic nitrogens is 1. The number of imide groups is 1. The first kappa shape index (κ1) is 21.5. The van der Waals surface area contributed by atoms with E-state index in [0.29, 0.717) is 29.1 Å². The fourth-order valence-electron chi connectivity index (χ4n) is 4.38. The first-order valence-electron chi connectivity index (χ1n) is 9.92. The number of aryl methyl sites for hydroxylation is 1. The Morgan fingerprint density at radius 1 is 1.23 bits per heavy atom. The molecule has 0 N–H and O–H groups in total. The van der Waals surface area contributed by atoms with Crippen molar-refractivity contribution >= 4 is 29.4 Å². The molecule has 0 aliphatic carbocycles. The van der Waals surface area contributed by atoms with Gasteiger partial charge in [-0.25, -0.2) is 0 Å². The quantitative estimate of drug-likeness (QED) is 0.497. The maximum atomic E-state index is 13.0. The van der Waals surface area contributed by atoms with Gasteiger partial charge in [-0.1, -0.05) is 0 Å². The minimum atomic E-state index is -2.90. The van der Waals surface area contributed by atoms with Gasteiger partial charge in [0.1, 0.15) is 5.75 Å². The lowest BCUT2D eigenvalue weighted by atomic mass is 9.86. The molecule has 4 rings (SSSR count). The van der Waals surface area contributed by atoms with Gasteiger partial charge in [0.25, 0.3) is 0 Å². The van der Waals surface area contributed by atoms with Crippen molar-refractivity contribution in [3.05, 3.63) is 47.3 Å². The van der Waals surface area contributed by atoms with Crippen LogP contribution in [0.4, 0.5) is 8.78 Å². The van der Waals surface area contributed by atoms with Crippen molar-refractivity contribution in [2.45, 2.75) is 33.3 Å². The number of ketones is 1. The molecule has 2 aliphatic heterocycles. The number of carbonyl (C=O) groups is 3. The molecule has 1 spiro atoms. The standard InChI is InChI=1S/C22H22F2N2O4S/c1-13-9-17(14(2)26(13)15-3-5-16(6-4-15)30-21(23)24)18(27)11-25-19(28)10-22(20(25)29)7-8-31-12-22/h3-6,9,21H,7-8,10-12H2,1-2H3/t22-/m0/s1. The minimum Gasteiger partial charge on any atom is -0.435 e. The summed E-state index contributed by atoms with van der Waals surface area (Å²) in [4.78, 5) is 39.5. The summed E-state index contributed by atoms with van der Waals surface area (Å²) in [7, 11) is 0. The molecule has 1 aromatic heterocycles. The molecule has 0 bridgehead atoms. The predicted molar refractivity (Wildman–Crippen MR) is 112 cm³/mol. The van der Waals surface area contributed by atoms with Gasteiger partial charge in [-0.2, -0.15) is 20.5 Å². The smallest absolute Gasteiger partial charge is 0.387 e. The van der Waals surface area contributed by atoms with E-state index in [1.807, 2.05) is 11.5 Å². The van der Waals surface area contributed by atoms with E-state index in [0.717, 1.165) is 16.3 Å². The van der Waals surface area contributed by atoms with Crippen LogP contribution >= 0.6 is 11.8 Å². The molecular weight excluding hydrogens is 426 g/mol. The predicted octanol–water partition coefficient (Wildman–Crippen LogP) is 3.76. The van der Waals surface area contributed by atoms with Gasteiger partial charge < -0.3 is 9.30 Å². The van der Waals surface area contributed by atoms with Crippen molar-refractivity contribution < 1.29 is 27.9 Å². The van der Waals surface area contributed by atoms with Crippen LogP contribution in [0.5, 0.6) is 5.75 Å². The van der Waals surface area contributed by atoms with E-state index in [9.17, 15) is 23.2 Å². The maximum Gasteiger partial charge on any atom is 0.387 e. The fraction of sp³-hybridized carbons (Fsp3) is 0.409. The van der Waals surface area contributed by atoms with Crippen LogP contribution in [0.25, 0.3) is 5.69 Å². The number of thioether (sulfide) groups is 1. The van der Waals surface area contributed by atoms with Gasteiger partial charge in [0.2, 0.25) is 11.8 Å². The normalized spacial score (nSPS) is 21.0. The summed E-state index contributed by atoms with van der Waals surface area (Å²) in [6.07, 6.45) is 0.852. The van der Waals surface area contributed by atoms with E-state index < -0.39 is 12.0 Å². The second kappa shape index (κ2) is 8.11. The van der Waals surface area contributed by atoms with Crippen molar-refractivity contribution in [2.24, 2.45) is 5.41 Å². The number of hydrogen-bond acceptors (Lipinski definition) is 5. The molecule has 0 unspecified atom stereocenters. The zero-order valence-electron chi connectivity index (χ0n) is 17.2. The average molecular weight is 448 g/mol. The molecule has 0 radical (unpaired) electrons. The Labute approximate surface area is 182 Å². The molecule has 2 aliphatic rings. The number of hydrogen-bond donors (Lipinski definition) is 0. The highest BCUT2D eigenvalue weighted by molar-refractivity contribution is 7.99. The van der Waals surface area contributed by atoms with E-state index in [2.05, 4.69) is 4.74 Å². The van der Waals surface area contributed by atoms with Crippen molar-refractivity contribution in [1.29, 1.82) is 0 Å². The third-order valence-electron chi connectivity index (χ3n) is 5.95. The Bertz CT molecular complexity index is 1040. The van der Waals surface area contributed by atoms with Crippen molar-refractivity contribution in [3.8, 4) is 11.4 Å². The van der Waals surface area contributed by atoms with E-state index in [1.54, 1.807) is 36.9 Å². The van der Waals surface area contributed by atoms with Gasteiger partial charge >= 0.3 is 6.61 Å². The van der Waals surface area contributed by atoms with Gasteiger partial charge in [0.05, 0.1) is 12.0 Å². The Morgan fingerprint density at radius 3 is 2.55 bits per heavy atom. The first-order chi connectivity index (χ1) is 14.7. The molecule has 9 heteroatoms. The van der Waals surface area contributed by atoms with Gasteiger partial charge in [0, 0.05) is 34.8 Å². The van der Waals surface area contributed by atoms with Crippen LogP contribution in [0, 0.1) is 19.3 Å². The zero-order valence-corrected chi connectivity index (χ0v) is 18.0. The Kier molecular flexibility index (Phi) is 5.63. The molecule has 164 valence electrons. The Hall–Kier alpha value is -2.68. The van der Waals surface area contributed by atoms with Gasteiger partial charge in [-0.05, 0) is 56.4 Å². The van der Waals surface area contributed by atoms with Gasteiger partial charge in [-0.15, -0.1) is 0 Å². The van der Waals surface area contributed by atoms with E-state index >= 15 is 0 Å². The van der Waals surface area contributed by atoms with Crippen LogP contribution in [-0.2, 0) is 9.59 Å². The van der Waals surface area contributed by atoms with E-state index in [-0.39, 0.29) is 36.3 Å². The van der Waals surface area contributed by atoms with E-state index in [1.165, 1.54) is 12.1 Å². The molecule has 6 nitrogen and oxygen atoms in total. The molecule has 2 aromatic rings. The summed E-state index contributed by atoms with van der Waals surface area (Å²) >= 11 is 1.66. The highest BCUT2D eigenvalue weighted by Gasteiger charge is 2.53. The number of halogens is 2.